The number of nitrogens with zero attached hydrogens (tertiary/aromatic N) is 3. The number of halogens is 2. The number of aromatic nitrogens is 2. The van der Waals surface area contributed by atoms with E-state index in [9.17, 15) is 4.79 Å². The first kappa shape index (κ1) is 19.7. The molecule has 4 nitrogen and oxygen atoms in total. The van der Waals surface area contributed by atoms with Crippen LogP contribution in [0.25, 0.3) is 16.9 Å². The van der Waals surface area contributed by atoms with Gasteiger partial charge in [0.2, 0.25) is 0 Å². The quantitative estimate of drug-likeness (QED) is 0.488. The van der Waals surface area contributed by atoms with E-state index in [1.807, 2.05) is 53.2 Å². The van der Waals surface area contributed by atoms with Crippen LogP contribution in [0.3, 0.4) is 0 Å². The molecule has 2 aliphatic rings. The Morgan fingerprint density at radius 3 is 2.43 bits per heavy atom. The summed E-state index contributed by atoms with van der Waals surface area (Å²) in [4.78, 5) is 15.8. The van der Waals surface area contributed by atoms with Gasteiger partial charge in [0.25, 0.3) is 5.91 Å². The molecule has 1 amide bonds. The molecule has 2 aromatic carbocycles. The van der Waals surface area contributed by atoms with Gasteiger partial charge in [-0.25, -0.2) is 4.68 Å². The molecule has 1 aliphatic heterocycles. The lowest BCUT2D eigenvalue weighted by atomic mass is 9.91. The molecule has 0 spiro atoms. The minimum Gasteiger partial charge on any atom is -0.335 e. The van der Waals surface area contributed by atoms with Crippen molar-refractivity contribution in [3.8, 4) is 16.9 Å². The molecule has 6 heteroatoms. The molecule has 154 valence electrons. The van der Waals surface area contributed by atoms with E-state index in [4.69, 9.17) is 28.3 Å². The van der Waals surface area contributed by atoms with E-state index in [2.05, 4.69) is 4.90 Å². The fourth-order valence-corrected chi connectivity index (χ4v) is 5.06. The number of benzene rings is 2. The minimum atomic E-state index is 0.0985. The van der Waals surface area contributed by atoms with Crippen LogP contribution in [0.2, 0.25) is 10.0 Å². The third kappa shape index (κ3) is 3.52. The molecule has 0 radical (unpaired) electrons. The maximum absolute atomic E-state index is 13.7. The van der Waals surface area contributed by atoms with Crippen molar-refractivity contribution in [1.82, 2.24) is 14.7 Å². The van der Waals surface area contributed by atoms with Crippen LogP contribution in [0.15, 0.2) is 48.5 Å². The molecule has 1 aromatic heterocycles. The van der Waals surface area contributed by atoms with E-state index in [0.29, 0.717) is 21.7 Å². The van der Waals surface area contributed by atoms with Gasteiger partial charge in [-0.1, -0.05) is 60.7 Å². The molecule has 0 N–H and O–H groups in total. The average Bonchev–Trinajstić information content (AvgIpc) is 3.16. The fourth-order valence-electron chi connectivity index (χ4n) is 4.74. The number of carbonyl (C=O) groups excluding carboxylic acids is 1. The van der Waals surface area contributed by atoms with Gasteiger partial charge in [-0.15, -0.1) is 0 Å². The van der Waals surface area contributed by atoms with E-state index in [-0.39, 0.29) is 5.91 Å². The van der Waals surface area contributed by atoms with Crippen LogP contribution >= 0.6 is 23.2 Å². The molecule has 5 rings (SSSR count). The largest absolute Gasteiger partial charge is 0.335 e. The number of hydrogen-bond donors (Lipinski definition) is 0. The van der Waals surface area contributed by atoms with Crippen molar-refractivity contribution >= 4 is 29.1 Å². The fraction of sp³-hybridized carbons (Fsp3) is 0.333. The second-order valence-corrected chi connectivity index (χ2v) is 8.98. The highest BCUT2D eigenvalue weighted by atomic mass is 35.5. The molecule has 3 aromatic rings. The Balaban J connectivity index is 1.66. The first-order valence-corrected chi connectivity index (χ1v) is 11.3. The van der Waals surface area contributed by atoms with Crippen molar-refractivity contribution in [2.45, 2.75) is 44.6 Å². The van der Waals surface area contributed by atoms with E-state index in [1.54, 1.807) is 0 Å². The smallest absolute Gasteiger partial charge is 0.258 e. The van der Waals surface area contributed by atoms with Gasteiger partial charge in [0.1, 0.15) is 0 Å². The Kier molecular flexibility index (Phi) is 5.30. The van der Waals surface area contributed by atoms with Gasteiger partial charge in [0.15, 0.2) is 0 Å². The molecule has 1 fully saturated rings. The van der Waals surface area contributed by atoms with Gasteiger partial charge in [0.05, 0.1) is 22.6 Å². The Bertz CT molecular complexity index is 1080. The number of amides is 1. The van der Waals surface area contributed by atoms with E-state index < -0.39 is 0 Å². The second-order valence-electron chi connectivity index (χ2n) is 8.11. The highest BCUT2D eigenvalue weighted by molar-refractivity contribution is 6.31. The van der Waals surface area contributed by atoms with Gasteiger partial charge in [0, 0.05) is 34.6 Å². The molecule has 2 heterocycles. The molecule has 0 atom stereocenters. The molecular formula is C24H23Cl2N3O. The monoisotopic (exact) mass is 439 g/mol. The van der Waals surface area contributed by atoms with Gasteiger partial charge in [-0.05, 0) is 43.2 Å². The highest BCUT2D eigenvalue weighted by Crippen LogP contribution is 2.36. The molecule has 30 heavy (non-hydrogen) atoms. The van der Waals surface area contributed by atoms with Crippen molar-refractivity contribution in [3.63, 3.8) is 0 Å². The summed E-state index contributed by atoms with van der Waals surface area (Å²) in [6, 6.07) is 15.5. The highest BCUT2D eigenvalue weighted by Gasteiger charge is 2.36. The zero-order valence-electron chi connectivity index (χ0n) is 16.7. The van der Waals surface area contributed by atoms with Crippen molar-refractivity contribution in [1.29, 1.82) is 0 Å². The topological polar surface area (TPSA) is 38.1 Å². The lowest BCUT2D eigenvalue weighted by Gasteiger charge is -2.36. The van der Waals surface area contributed by atoms with Gasteiger partial charge >= 0.3 is 0 Å². The number of fused-ring (bicyclic) bond motifs is 1. The van der Waals surface area contributed by atoms with E-state index in [0.717, 1.165) is 48.4 Å². The zero-order valence-corrected chi connectivity index (χ0v) is 18.2. The van der Waals surface area contributed by atoms with Crippen molar-refractivity contribution in [2.24, 2.45) is 0 Å². The van der Waals surface area contributed by atoms with Crippen molar-refractivity contribution in [3.05, 3.63) is 69.8 Å². The van der Waals surface area contributed by atoms with Gasteiger partial charge < -0.3 is 4.90 Å². The summed E-state index contributed by atoms with van der Waals surface area (Å²) in [5.41, 5.74) is 4.16. The molecule has 0 saturated heterocycles. The Labute approximate surface area is 186 Å². The average molecular weight is 440 g/mol. The second kappa shape index (κ2) is 8.09. The first-order valence-electron chi connectivity index (χ1n) is 10.6. The Morgan fingerprint density at radius 2 is 1.70 bits per heavy atom. The van der Waals surface area contributed by atoms with Crippen molar-refractivity contribution < 1.29 is 4.79 Å². The van der Waals surface area contributed by atoms with Crippen LogP contribution in [-0.2, 0) is 6.42 Å². The van der Waals surface area contributed by atoms with Crippen LogP contribution in [0.5, 0.6) is 0 Å². The molecular weight excluding hydrogens is 417 g/mol. The van der Waals surface area contributed by atoms with Gasteiger partial charge in [-0.3, -0.25) is 4.79 Å². The first-order chi connectivity index (χ1) is 14.6. The minimum absolute atomic E-state index is 0.0985. The SMILES string of the molecule is O=C1c2c(nn(-c3cccc(Cl)c3)c2-c2ccc(Cl)cc2)CCN1C1CCCCC1. The number of carbonyl (C=O) groups is 1. The third-order valence-electron chi connectivity index (χ3n) is 6.21. The lowest BCUT2D eigenvalue weighted by molar-refractivity contribution is 0.0615. The summed E-state index contributed by atoms with van der Waals surface area (Å²) in [5.74, 6) is 0.0985. The number of rotatable bonds is 3. The lowest BCUT2D eigenvalue weighted by Crippen LogP contribution is -2.45. The molecule has 0 unspecified atom stereocenters. The summed E-state index contributed by atoms with van der Waals surface area (Å²) >= 11 is 12.4. The summed E-state index contributed by atoms with van der Waals surface area (Å²) in [6.07, 6.45) is 6.64. The van der Waals surface area contributed by atoms with Crippen LogP contribution < -0.4 is 0 Å². The van der Waals surface area contributed by atoms with E-state index >= 15 is 0 Å². The molecule has 0 bridgehead atoms. The summed E-state index contributed by atoms with van der Waals surface area (Å²) in [5, 5.41) is 6.17. The summed E-state index contributed by atoms with van der Waals surface area (Å²) in [7, 11) is 0. The maximum atomic E-state index is 13.7. The van der Waals surface area contributed by atoms with Gasteiger partial charge in [-0.2, -0.15) is 5.10 Å². The molecule has 1 aliphatic carbocycles. The number of hydrogen-bond acceptors (Lipinski definition) is 2. The Hall–Kier alpha value is -2.30. The summed E-state index contributed by atoms with van der Waals surface area (Å²) in [6.45, 7) is 0.739. The van der Waals surface area contributed by atoms with Crippen LogP contribution in [0.4, 0.5) is 0 Å². The molecule has 1 saturated carbocycles. The van der Waals surface area contributed by atoms with E-state index in [1.165, 1.54) is 19.3 Å². The predicted octanol–water partition coefficient (Wildman–Crippen LogP) is 6.18. The van der Waals surface area contributed by atoms with Crippen LogP contribution in [0, 0.1) is 0 Å². The predicted molar refractivity (Wildman–Crippen MR) is 121 cm³/mol. The maximum Gasteiger partial charge on any atom is 0.258 e. The standard InChI is InChI=1S/C24H23Cl2N3O/c25-17-11-9-16(10-12-17)23-22-21(27-29(23)20-8-4-5-18(26)15-20)13-14-28(24(22)30)19-6-2-1-3-7-19/h4-5,8-12,15,19H,1-3,6-7,13-14H2. The van der Waals surface area contributed by atoms with Crippen molar-refractivity contribution in [2.75, 3.05) is 6.54 Å². The third-order valence-corrected chi connectivity index (χ3v) is 6.70. The van der Waals surface area contributed by atoms with Crippen LogP contribution in [-0.4, -0.2) is 33.2 Å². The normalized spacial score (nSPS) is 17.3. The summed E-state index contributed by atoms with van der Waals surface area (Å²) < 4.78 is 1.86. The Morgan fingerprint density at radius 1 is 0.933 bits per heavy atom. The zero-order chi connectivity index (χ0) is 20.7. The van der Waals surface area contributed by atoms with Crippen LogP contribution in [0.1, 0.15) is 48.2 Å².